The van der Waals surface area contributed by atoms with Crippen molar-refractivity contribution in [2.24, 2.45) is 0 Å². The fourth-order valence-corrected chi connectivity index (χ4v) is 3.11. The van der Waals surface area contributed by atoms with Crippen molar-refractivity contribution in [1.29, 1.82) is 0 Å². The van der Waals surface area contributed by atoms with E-state index >= 15 is 0 Å². The predicted octanol–water partition coefficient (Wildman–Crippen LogP) is 4.19. The number of benzene rings is 2. The fourth-order valence-electron chi connectivity index (χ4n) is 2.09. The van der Waals surface area contributed by atoms with Crippen molar-refractivity contribution in [1.82, 2.24) is 4.98 Å². The minimum atomic E-state index is -0.890. The summed E-state index contributed by atoms with van der Waals surface area (Å²) >= 11 is 1.57. The molecule has 0 radical (unpaired) electrons. The van der Waals surface area contributed by atoms with Crippen molar-refractivity contribution in [3.63, 3.8) is 0 Å². The Hall–Kier alpha value is -1.71. The fraction of sp³-hybridized carbons (Fsp3) is 0.188. The highest BCUT2D eigenvalue weighted by molar-refractivity contribution is 7.13. The Morgan fingerprint density at radius 3 is 2.53 bits per heavy atom. The molecule has 0 saturated carbocycles. The van der Waals surface area contributed by atoms with E-state index in [-0.39, 0.29) is 0 Å². The Bertz CT molecular complexity index is 719. The van der Waals surface area contributed by atoms with Gasteiger partial charge in [0.05, 0.1) is 5.69 Å². The molecule has 2 aromatic carbocycles. The van der Waals surface area contributed by atoms with Crippen LogP contribution in [0.5, 0.6) is 0 Å². The first kappa shape index (κ1) is 12.3. The average Bonchev–Trinajstić information content (AvgIpc) is 2.87. The first-order valence-electron chi connectivity index (χ1n) is 6.22. The molecule has 3 aromatic rings. The molecule has 0 bridgehead atoms. The molecule has 0 aliphatic heterocycles. The van der Waals surface area contributed by atoms with Gasteiger partial charge in [0.15, 0.2) is 0 Å². The lowest BCUT2D eigenvalue weighted by Gasteiger charge is -2.13. The number of hydrogen-bond donors (Lipinski definition) is 1. The standard InChI is InChI=1S/C16H15NOS/c1-16(2,18)14-10-19-15(17-14)13-9-5-7-11-6-3-4-8-12(11)13/h3-10,18H,1-2H3. The van der Waals surface area contributed by atoms with Crippen molar-refractivity contribution in [2.45, 2.75) is 19.4 Å². The third-order valence-electron chi connectivity index (χ3n) is 3.15. The van der Waals surface area contributed by atoms with Gasteiger partial charge >= 0.3 is 0 Å². The molecule has 19 heavy (non-hydrogen) atoms. The summed E-state index contributed by atoms with van der Waals surface area (Å²) < 4.78 is 0. The zero-order valence-electron chi connectivity index (χ0n) is 10.9. The molecule has 1 aromatic heterocycles. The molecule has 0 amide bonds. The van der Waals surface area contributed by atoms with E-state index in [2.05, 4.69) is 29.2 Å². The summed E-state index contributed by atoms with van der Waals surface area (Å²) in [6.07, 6.45) is 0. The van der Waals surface area contributed by atoms with Crippen molar-refractivity contribution < 1.29 is 5.11 Å². The van der Waals surface area contributed by atoms with Gasteiger partial charge in [0.1, 0.15) is 10.6 Å². The highest BCUT2D eigenvalue weighted by Crippen LogP contribution is 2.33. The van der Waals surface area contributed by atoms with Crippen LogP contribution in [0.25, 0.3) is 21.3 Å². The van der Waals surface area contributed by atoms with Crippen molar-refractivity contribution in [2.75, 3.05) is 0 Å². The number of hydrogen-bond acceptors (Lipinski definition) is 3. The van der Waals surface area contributed by atoms with E-state index in [9.17, 15) is 5.11 Å². The van der Waals surface area contributed by atoms with Crippen LogP contribution in [0.2, 0.25) is 0 Å². The normalized spacial score (nSPS) is 11.9. The van der Waals surface area contributed by atoms with Gasteiger partial charge in [0.25, 0.3) is 0 Å². The molecule has 1 N–H and O–H groups in total. The molecule has 0 fully saturated rings. The SMILES string of the molecule is CC(C)(O)c1csc(-c2cccc3ccccc23)n1. The number of fused-ring (bicyclic) bond motifs is 1. The van der Waals surface area contributed by atoms with Crippen LogP contribution in [0.3, 0.4) is 0 Å². The number of aromatic nitrogens is 1. The van der Waals surface area contributed by atoms with E-state index in [4.69, 9.17) is 0 Å². The van der Waals surface area contributed by atoms with Gasteiger partial charge in [-0.05, 0) is 24.6 Å². The lowest BCUT2D eigenvalue weighted by Crippen LogP contribution is -2.15. The number of aliphatic hydroxyl groups is 1. The van der Waals surface area contributed by atoms with E-state index in [0.29, 0.717) is 0 Å². The summed E-state index contributed by atoms with van der Waals surface area (Å²) in [6, 6.07) is 14.5. The highest BCUT2D eigenvalue weighted by atomic mass is 32.1. The first-order chi connectivity index (χ1) is 9.05. The van der Waals surface area contributed by atoms with Gasteiger partial charge in [-0.3, -0.25) is 0 Å². The Balaban J connectivity index is 2.17. The van der Waals surface area contributed by atoms with Gasteiger partial charge in [-0.25, -0.2) is 4.98 Å². The molecular formula is C16H15NOS. The van der Waals surface area contributed by atoms with Crippen LogP contribution < -0.4 is 0 Å². The van der Waals surface area contributed by atoms with Crippen LogP contribution in [0.15, 0.2) is 47.8 Å². The summed E-state index contributed by atoms with van der Waals surface area (Å²) in [6.45, 7) is 3.52. The Morgan fingerprint density at radius 2 is 1.79 bits per heavy atom. The Kier molecular flexibility index (Phi) is 2.88. The van der Waals surface area contributed by atoms with Gasteiger partial charge in [-0.1, -0.05) is 42.5 Å². The molecule has 3 heteroatoms. The van der Waals surface area contributed by atoms with E-state index in [0.717, 1.165) is 16.3 Å². The van der Waals surface area contributed by atoms with E-state index < -0.39 is 5.60 Å². The third-order valence-corrected chi connectivity index (χ3v) is 4.03. The first-order valence-corrected chi connectivity index (χ1v) is 7.10. The topological polar surface area (TPSA) is 33.1 Å². The van der Waals surface area contributed by atoms with Crippen LogP contribution in [-0.2, 0) is 5.60 Å². The molecule has 0 saturated heterocycles. The lowest BCUT2D eigenvalue weighted by atomic mass is 10.0. The maximum Gasteiger partial charge on any atom is 0.124 e. The van der Waals surface area contributed by atoms with Crippen LogP contribution in [0, 0.1) is 0 Å². The largest absolute Gasteiger partial charge is 0.384 e. The number of nitrogens with zero attached hydrogens (tertiary/aromatic N) is 1. The molecule has 96 valence electrons. The Morgan fingerprint density at radius 1 is 1.05 bits per heavy atom. The van der Waals surface area contributed by atoms with E-state index in [1.54, 1.807) is 25.2 Å². The second-order valence-electron chi connectivity index (χ2n) is 5.12. The maximum atomic E-state index is 10.0. The number of rotatable bonds is 2. The zero-order chi connectivity index (χ0) is 13.5. The summed E-state index contributed by atoms with van der Waals surface area (Å²) in [7, 11) is 0. The molecule has 0 unspecified atom stereocenters. The second kappa shape index (κ2) is 4.44. The molecule has 0 atom stereocenters. The predicted molar refractivity (Wildman–Crippen MR) is 80.3 cm³/mol. The van der Waals surface area contributed by atoms with Crippen molar-refractivity contribution >= 4 is 22.1 Å². The van der Waals surface area contributed by atoms with E-state index in [1.807, 2.05) is 23.6 Å². The monoisotopic (exact) mass is 269 g/mol. The van der Waals surface area contributed by atoms with E-state index in [1.165, 1.54) is 10.8 Å². The minimum absolute atomic E-state index is 0.723. The van der Waals surface area contributed by atoms with Crippen LogP contribution in [0.1, 0.15) is 19.5 Å². The van der Waals surface area contributed by atoms with Crippen LogP contribution in [-0.4, -0.2) is 10.1 Å². The molecule has 0 aliphatic rings. The quantitative estimate of drug-likeness (QED) is 0.756. The van der Waals surface area contributed by atoms with Gasteiger partial charge in [0.2, 0.25) is 0 Å². The Labute approximate surface area is 116 Å². The highest BCUT2D eigenvalue weighted by Gasteiger charge is 2.20. The molecular weight excluding hydrogens is 254 g/mol. The third kappa shape index (κ3) is 2.27. The van der Waals surface area contributed by atoms with Gasteiger partial charge in [-0.2, -0.15) is 0 Å². The van der Waals surface area contributed by atoms with Gasteiger partial charge in [0, 0.05) is 10.9 Å². The minimum Gasteiger partial charge on any atom is -0.384 e. The number of thiazole rings is 1. The molecule has 0 spiro atoms. The van der Waals surface area contributed by atoms with Crippen LogP contribution in [0.4, 0.5) is 0 Å². The van der Waals surface area contributed by atoms with Crippen molar-refractivity contribution in [3.8, 4) is 10.6 Å². The summed E-state index contributed by atoms with van der Waals surface area (Å²) in [4.78, 5) is 4.57. The van der Waals surface area contributed by atoms with Gasteiger partial charge < -0.3 is 5.11 Å². The van der Waals surface area contributed by atoms with Gasteiger partial charge in [-0.15, -0.1) is 11.3 Å². The second-order valence-corrected chi connectivity index (χ2v) is 5.98. The smallest absolute Gasteiger partial charge is 0.124 e. The maximum absolute atomic E-state index is 10.0. The van der Waals surface area contributed by atoms with Crippen molar-refractivity contribution in [3.05, 3.63) is 53.5 Å². The molecule has 1 heterocycles. The summed E-state index contributed by atoms with van der Waals surface area (Å²) in [5, 5.41) is 15.3. The van der Waals surface area contributed by atoms with Crippen LogP contribution >= 0.6 is 11.3 Å². The molecule has 0 aliphatic carbocycles. The molecule has 3 rings (SSSR count). The summed E-state index contributed by atoms with van der Waals surface area (Å²) in [5.41, 5.74) is 0.957. The summed E-state index contributed by atoms with van der Waals surface area (Å²) in [5.74, 6) is 0. The lowest BCUT2D eigenvalue weighted by molar-refractivity contribution is 0.0746. The zero-order valence-corrected chi connectivity index (χ0v) is 11.7. The molecule has 2 nitrogen and oxygen atoms in total. The average molecular weight is 269 g/mol.